The van der Waals surface area contributed by atoms with Crippen LogP contribution < -0.4 is 5.32 Å². The third-order valence-corrected chi connectivity index (χ3v) is 2.63. The summed E-state index contributed by atoms with van der Waals surface area (Å²) in [6, 6.07) is 0. The first kappa shape index (κ1) is 10.7. The maximum Gasteiger partial charge on any atom is 0.0686 e. The van der Waals surface area contributed by atoms with E-state index in [1.807, 2.05) is 7.05 Å². The fourth-order valence-corrected chi connectivity index (χ4v) is 1.55. The first-order valence-corrected chi connectivity index (χ1v) is 5.22. The van der Waals surface area contributed by atoms with Gasteiger partial charge in [0.05, 0.1) is 6.61 Å². The van der Waals surface area contributed by atoms with E-state index in [1.54, 1.807) is 0 Å². The van der Waals surface area contributed by atoms with E-state index in [0.29, 0.717) is 6.61 Å². The molecule has 1 fully saturated rings. The summed E-state index contributed by atoms with van der Waals surface area (Å²) >= 11 is 0. The van der Waals surface area contributed by atoms with Gasteiger partial charge >= 0.3 is 0 Å². The summed E-state index contributed by atoms with van der Waals surface area (Å²) in [6.07, 6.45) is 5.51. The highest BCUT2D eigenvalue weighted by atomic mass is 16.5. The summed E-state index contributed by atoms with van der Waals surface area (Å²) in [5.41, 5.74) is 1.14. The van der Waals surface area contributed by atoms with Gasteiger partial charge in [-0.1, -0.05) is 25.8 Å². The Morgan fingerprint density at radius 3 is 2.85 bits per heavy atom. The number of hydrogen-bond acceptors (Lipinski definition) is 2. The van der Waals surface area contributed by atoms with Crippen molar-refractivity contribution in [2.24, 2.45) is 5.92 Å². The zero-order valence-corrected chi connectivity index (χ0v) is 8.64. The van der Waals surface area contributed by atoms with Gasteiger partial charge in [-0.15, -0.1) is 0 Å². The molecular formula is C11H21NO. The Morgan fingerprint density at radius 2 is 2.31 bits per heavy atom. The number of ether oxygens (including phenoxy) is 1. The van der Waals surface area contributed by atoms with Crippen LogP contribution in [-0.2, 0) is 4.74 Å². The van der Waals surface area contributed by atoms with Crippen molar-refractivity contribution in [2.75, 3.05) is 26.8 Å². The lowest BCUT2D eigenvalue weighted by atomic mass is 9.83. The predicted octanol–water partition coefficient (Wildman–Crippen LogP) is 1.97. The van der Waals surface area contributed by atoms with Gasteiger partial charge in [0, 0.05) is 13.2 Å². The Labute approximate surface area is 81.4 Å². The van der Waals surface area contributed by atoms with E-state index in [4.69, 9.17) is 4.74 Å². The molecule has 0 amide bonds. The number of rotatable bonds is 7. The van der Waals surface area contributed by atoms with Crippen LogP contribution >= 0.6 is 0 Å². The van der Waals surface area contributed by atoms with Crippen molar-refractivity contribution < 1.29 is 4.74 Å². The zero-order chi connectivity index (χ0) is 9.52. The van der Waals surface area contributed by atoms with E-state index < -0.39 is 0 Å². The minimum atomic E-state index is 0.716. The van der Waals surface area contributed by atoms with E-state index in [0.717, 1.165) is 24.6 Å². The summed E-state index contributed by atoms with van der Waals surface area (Å²) in [6.45, 7) is 6.40. The van der Waals surface area contributed by atoms with Crippen LogP contribution in [-0.4, -0.2) is 26.8 Å². The van der Waals surface area contributed by atoms with Gasteiger partial charge < -0.3 is 10.1 Å². The van der Waals surface area contributed by atoms with Crippen LogP contribution in [0.5, 0.6) is 0 Å². The van der Waals surface area contributed by atoms with Gasteiger partial charge in [0.1, 0.15) is 0 Å². The molecule has 1 aliphatic carbocycles. The molecule has 0 radical (unpaired) electrons. The average molecular weight is 183 g/mol. The standard InChI is InChI=1S/C11H21NO/c1-10(8-12-2)9-13-7-6-11-4-3-5-11/h11-12H,1,3-9H2,2H3. The SMILES string of the molecule is C=C(CNC)COCCC1CCC1. The largest absolute Gasteiger partial charge is 0.377 e. The minimum absolute atomic E-state index is 0.716. The molecule has 0 saturated heterocycles. The zero-order valence-electron chi connectivity index (χ0n) is 8.64. The van der Waals surface area contributed by atoms with Crippen molar-refractivity contribution in [3.63, 3.8) is 0 Å². The van der Waals surface area contributed by atoms with Gasteiger partial charge in [-0.3, -0.25) is 0 Å². The van der Waals surface area contributed by atoms with E-state index in [9.17, 15) is 0 Å². The molecule has 2 nitrogen and oxygen atoms in total. The Kier molecular flexibility index (Phi) is 5.09. The monoisotopic (exact) mass is 183 g/mol. The van der Waals surface area contributed by atoms with Crippen molar-refractivity contribution in [3.8, 4) is 0 Å². The first-order valence-electron chi connectivity index (χ1n) is 5.22. The summed E-state index contributed by atoms with van der Waals surface area (Å²) in [4.78, 5) is 0. The number of hydrogen-bond donors (Lipinski definition) is 1. The molecule has 0 bridgehead atoms. The smallest absolute Gasteiger partial charge is 0.0686 e. The molecule has 13 heavy (non-hydrogen) atoms. The topological polar surface area (TPSA) is 21.3 Å². The highest BCUT2D eigenvalue weighted by Gasteiger charge is 2.16. The van der Waals surface area contributed by atoms with E-state index in [2.05, 4.69) is 11.9 Å². The van der Waals surface area contributed by atoms with Gasteiger partial charge in [0.15, 0.2) is 0 Å². The number of nitrogens with one attached hydrogen (secondary N) is 1. The van der Waals surface area contributed by atoms with Crippen molar-refractivity contribution >= 4 is 0 Å². The fourth-order valence-electron chi connectivity index (χ4n) is 1.55. The molecule has 1 saturated carbocycles. The fraction of sp³-hybridized carbons (Fsp3) is 0.818. The van der Waals surface area contributed by atoms with E-state index >= 15 is 0 Å². The van der Waals surface area contributed by atoms with Crippen LogP contribution in [0.3, 0.4) is 0 Å². The predicted molar refractivity (Wildman–Crippen MR) is 55.8 cm³/mol. The van der Waals surface area contributed by atoms with Gasteiger partial charge in [-0.05, 0) is 25.0 Å². The van der Waals surface area contributed by atoms with Crippen LogP contribution in [0.2, 0.25) is 0 Å². The van der Waals surface area contributed by atoms with E-state index in [-0.39, 0.29) is 0 Å². The normalized spacial score (nSPS) is 17.0. The lowest BCUT2D eigenvalue weighted by molar-refractivity contribution is 0.123. The third-order valence-electron chi connectivity index (χ3n) is 2.63. The third kappa shape index (κ3) is 4.44. The summed E-state index contributed by atoms with van der Waals surface area (Å²) < 4.78 is 5.51. The van der Waals surface area contributed by atoms with Crippen molar-refractivity contribution in [1.82, 2.24) is 5.32 Å². The molecule has 0 atom stereocenters. The quantitative estimate of drug-likeness (QED) is 0.481. The second kappa shape index (κ2) is 6.17. The Morgan fingerprint density at radius 1 is 1.54 bits per heavy atom. The molecule has 0 aromatic carbocycles. The van der Waals surface area contributed by atoms with Gasteiger partial charge in [-0.2, -0.15) is 0 Å². The molecule has 0 aliphatic heterocycles. The average Bonchev–Trinajstić information content (AvgIpc) is 2.01. The van der Waals surface area contributed by atoms with Gasteiger partial charge in [-0.25, -0.2) is 0 Å². The first-order chi connectivity index (χ1) is 6.33. The van der Waals surface area contributed by atoms with Crippen molar-refractivity contribution in [2.45, 2.75) is 25.7 Å². The van der Waals surface area contributed by atoms with Crippen LogP contribution in [0.25, 0.3) is 0 Å². The number of likely N-dealkylation sites (N-methyl/N-ethyl adjacent to an activating group) is 1. The maximum absolute atomic E-state index is 5.51. The molecule has 76 valence electrons. The van der Waals surface area contributed by atoms with Gasteiger partial charge in [0.2, 0.25) is 0 Å². The lowest BCUT2D eigenvalue weighted by Crippen LogP contribution is -2.16. The second-order valence-electron chi connectivity index (χ2n) is 3.92. The molecule has 0 unspecified atom stereocenters. The highest BCUT2D eigenvalue weighted by molar-refractivity contribution is 4.96. The van der Waals surface area contributed by atoms with Crippen LogP contribution in [0, 0.1) is 5.92 Å². The summed E-state index contributed by atoms with van der Waals surface area (Å²) in [5, 5.41) is 3.06. The molecule has 2 heteroatoms. The summed E-state index contributed by atoms with van der Waals surface area (Å²) in [5.74, 6) is 0.956. The Hall–Kier alpha value is -0.340. The molecule has 1 aliphatic rings. The summed E-state index contributed by atoms with van der Waals surface area (Å²) in [7, 11) is 1.93. The molecule has 1 rings (SSSR count). The Balaban J connectivity index is 1.85. The maximum atomic E-state index is 5.51. The Bertz CT molecular complexity index is 152. The van der Waals surface area contributed by atoms with Crippen molar-refractivity contribution in [1.29, 1.82) is 0 Å². The van der Waals surface area contributed by atoms with Crippen molar-refractivity contribution in [3.05, 3.63) is 12.2 Å². The molecule has 0 aromatic heterocycles. The highest BCUT2D eigenvalue weighted by Crippen LogP contribution is 2.29. The van der Waals surface area contributed by atoms with Crippen LogP contribution in [0.1, 0.15) is 25.7 Å². The molecule has 0 aromatic rings. The second-order valence-corrected chi connectivity index (χ2v) is 3.92. The van der Waals surface area contributed by atoms with Crippen LogP contribution in [0.4, 0.5) is 0 Å². The lowest BCUT2D eigenvalue weighted by Gasteiger charge is -2.24. The van der Waals surface area contributed by atoms with Crippen LogP contribution in [0.15, 0.2) is 12.2 Å². The van der Waals surface area contributed by atoms with Gasteiger partial charge in [0.25, 0.3) is 0 Å². The molecular weight excluding hydrogens is 162 g/mol. The minimum Gasteiger partial charge on any atom is -0.377 e. The molecule has 0 spiro atoms. The molecule has 0 heterocycles. The van der Waals surface area contributed by atoms with E-state index in [1.165, 1.54) is 25.7 Å². The molecule has 1 N–H and O–H groups in total.